The molecule has 1 rings (SSSR count). The summed E-state index contributed by atoms with van der Waals surface area (Å²) in [4.78, 5) is 0. The highest BCUT2D eigenvalue weighted by Gasteiger charge is 1.98. The Kier molecular flexibility index (Phi) is 2.37. The zero-order valence-corrected chi connectivity index (χ0v) is 7.63. The second kappa shape index (κ2) is 3.09. The fourth-order valence-corrected chi connectivity index (χ4v) is 1.41. The van der Waals surface area contributed by atoms with Gasteiger partial charge in [0.2, 0.25) is 0 Å². The number of benzene rings is 1. The van der Waals surface area contributed by atoms with Crippen LogP contribution in [0.5, 0.6) is 0 Å². The van der Waals surface area contributed by atoms with Gasteiger partial charge in [0.25, 0.3) is 0 Å². The second-order valence-corrected chi connectivity index (χ2v) is 2.82. The monoisotopic (exact) mass is 248 g/mol. The van der Waals surface area contributed by atoms with Gasteiger partial charge in [0.15, 0.2) is 0 Å². The van der Waals surface area contributed by atoms with Gasteiger partial charge < -0.3 is 11.5 Å². The summed E-state index contributed by atoms with van der Waals surface area (Å²) in [5, 5.41) is 0. The third-order valence-corrected chi connectivity index (χ3v) is 2.20. The van der Waals surface area contributed by atoms with Crippen molar-refractivity contribution < 1.29 is 0 Å². The van der Waals surface area contributed by atoms with Gasteiger partial charge in [-0.3, -0.25) is 0 Å². The maximum atomic E-state index is 5.66. The normalized spacial score (nSPS) is 9.70. The van der Waals surface area contributed by atoms with Crippen molar-refractivity contribution in [1.82, 2.24) is 0 Å². The molecule has 1 aromatic rings. The molecule has 10 heavy (non-hydrogen) atoms. The van der Waals surface area contributed by atoms with Gasteiger partial charge >= 0.3 is 0 Å². The lowest BCUT2D eigenvalue weighted by atomic mass is 10.2. The largest absolute Gasteiger partial charge is 0.397 e. The summed E-state index contributed by atoms with van der Waals surface area (Å²) < 4.78 is 0.911. The van der Waals surface area contributed by atoms with Crippen LogP contribution >= 0.6 is 22.6 Å². The molecule has 0 aliphatic carbocycles. The molecule has 0 fully saturated rings. The molecule has 0 unspecified atom stereocenters. The summed E-state index contributed by atoms with van der Waals surface area (Å²) in [7, 11) is 0. The first kappa shape index (κ1) is 7.65. The molecule has 0 amide bonds. The van der Waals surface area contributed by atoms with Gasteiger partial charge in [0, 0.05) is 4.43 Å². The van der Waals surface area contributed by atoms with Crippen molar-refractivity contribution in [2.45, 2.75) is 4.43 Å². The Morgan fingerprint density at radius 2 is 2.00 bits per heavy atom. The zero-order valence-electron chi connectivity index (χ0n) is 5.47. The summed E-state index contributed by atoms with van der Waals surface area (Å²) in [5.41, 5.74) is 13.7. The summed E-state index contributed by atoms with van der Waals surface area (Å²) in [6.45, 7) is 0. The molecule has 0 aliphatic heterocycles. The molecule has 3 heteroatoms. The number of para-hydroxylation sites is 1. The summed E-state index contributed by atoms with van der Waals surface area (Å²) >= 11 is 2.26. The number of nitrogen functional groups attached to an aromatic ring is 2. The molecular formula is C7H9IN2. The molecule has 2 nitrogen and oxygen atoms in total. The first-order chi connectivity index (χ1) is 4.75. The average molecular weight is 248 g/mol. The van der Waals surface area contributed by atoms with Gasteiger partial charge in [0.05, 0.1) is 11.4 Å². The Bertz CT molecular complexity index is 235. The van der Waals surface area contributed by atoms with Crippen LogP contribution in [0.4, 0.5) is 11.4 Å². The molecule has 0 heterocycles. The number of alkyl halides is 1. The van der Waals surface area contributed by atoms with Crippen LogP contribution in [0.15, 0.2) is 18.2 Å². The van der Waals surface area contributed by atoms with Crippen molar-refractivity contribution in [2.75, 3.05) is 11.5 Å². The van der Waals surface area contributed by atoms with E-state index in [0.717, 1.165) is 15.7 Å². The van der Waals surface area contributed by atoms with Gasteiger partial charge in [-0.1, -0.05) is 34.7 Å². The van der Waals surface area contributed by atoms with Gasteiger partial charge in [-0.05, 0) is 11.6 Å². The molecule has 0 aromatic heterocycles. The number of hydrogen-bond donors (Lipinski definition) is 2. The molecule has 54 valence electrons. The Balaban J connectivity index is 3.14. The first-order valence-corrected chi connectivity index (χ1v) is 4.47. The third-order valence-electron chi connectivity index (χ3n) is 1.37. The average Bonchev–Trinajstić information content (AvgIpc) is 1.95. The minimum Gasteiger partial charge on any atom is -0.397 e. The van der Waals surface area contributed by atoms with Crippen molar-refractivity contribution in [1.29, 1.82) is 0 Å². The lowest BCUT2D eigenvalue weighted by molar-refractivity contribution is 1.46. The lowest BCUT2D eigenvalue weighted by Crippen LogP contribution is -1.97. The highest BCUT2D eigenvalue weighted by molar-refractivity contribution is 14.1. The van der Waals surface area contributed by atoms with Crippen molar-refractivity contribution >= 4 is 34.0 Å². The van der Waals surface area contributed by atoms with E-state index in [9.17, 15) is 0 Å². The summed E-state index contributed by atoms with van der Waals surface area (Å²) in [6.07, 6.45) is 0. The number of anilines is 2. The van der Waals surface area contributed by atoms with E-state index in [0.29, 0.717) is 5.69 Å². The molecule has 0 bridgehead atoms. The van der Waals surface area contributed by atoms with Crippen molar-refractivity contribution in [3.8, 4) is 0 Å². The Morgan fingerprint density at radius 1 is 1.30 bits per heavy atom. The van der Waals surface area contributed by atoms with Crippen LogP contribution in [0.1, 0.15) is 5.56 Å². The van der Waals surface area contributed by atoms with Gasteiger partial charge in [-0.2, -0.15) is 0 Å². The van der Waals surface area contributed by atoms with Crippen molar-refractivity contribution in [3.63, 3.8) is 0 Å². The Labute approximate surface area is 73.7 Å². The quantitative estimate of drug-likeness (QED) is 0.452. The SMILES string of the molecule is Nc1cccc(CI)c1N. The summed E-state index contributed by atoms with van der Waals surface area (Å²) in [5.74, 6) is 0. The Hall–Kier alpha value is -0.450. The molecule has 0 aliphatic rings. The van der Waals surface area contributed by atoms with E-state index < -0.39 is 0 Å². The maximum absolute atomic E-state index is 5.66. The molecule has 0 saturated carbocycles. The smallest absolute Gasteiger partial charge is 0.0588 e. The van der Waals surface area contributed by atoms with E-state index in [4.69, 9.17) is 11.5 Å². The van der Waals surface area contributed by atoms with Crippen LogP contribution in [0.25, 0.3) is 0 Å². The molecule has 1 aromatic carbocycles. The molecule has 0 radical (unpaired) electrons. The van der Waals surface area contributed by atoms with Crippen LogP contribution in [0.3, 0.4) is 0 Å². The highest BCUT2D eigenvalue weighted by atomic mass is 127. The summed E-state index contributed by atoms with van der Waals surface area (Å²) in [6, 6.07) is 5.71. The molecule has 4 N–H and O–H groups in total. The number of nitrogens with two attached hydrogens (primary N) is 2. The number of rotatable bonds is 1. The highest BCUT2D eigenvalue weighted by Crippen LogP contribution is 2.21. The lowest BCUT2D eigenvalue weighted by Gasteiger charge is -2.03. The second-order valence-electron chi connectivity index (χ2n) is 2.05. The predicted molar refractivity (Wildman–Crippen MR) is 53.0 cm³/mol. The number of halogens is 1. The minimum atomic E-state index is 0.675. The van der Waals surface area contributed by atoms with Gasteiger partial charge in [-0.15, -0.1) is 0 Å². The maximum Gasteiger partial charge on any atom is 0.0588 e. The van der Waals surface area contributed by atoms with E-state index in [2.05, 4.69) is 22.6 Å². The molecular weight excluding hydrogens is 239 g/mol. The van der Waals surface area contributed by atoms with E-state index in [-0.39, 0.29) is 0 Å². The van der Waals surface area contributed by atoms with Gasteiger partial charge in [0.1, 0.15) is 0 Å². The fraction of sp³-hybridized carbons (Fsp3) is 0.143. The van der Waals surface area contributed by atoms with E-state index >= 15 is 0 Å². The fourth-order valence-electron chi connectivity index (χ4n) is 0.749. The van der Waals surface area contributed by atoms with Crippen molar-refractivity contribution in [2.24, 2.45) is 0 Å². The molecule has 0 saturated heterocycles. The van der Waals surface area contributed by atoms with Crippen LogP contribution in [0, 0.1) is 0 Å². The standard InChI is InChI=1S/C7H9IN2/c8-4-5-2-1-3-6(9)7(5)10/h1-3H,4,9-10H2. The van der Waals surface area contributed by atoms with Gasteiger partial charge in [-0.25, -0.2) is 0 Å². The van der Waals surface area contributed by atoms with Crippen LogP contribution < -0.4 is 11.5 Å². The topological polar surface area (TPSA) is 52.0 Å². The van der Waals surface area contributed by atoms with Crippen LogP contribution in [-0.4, -0.2) is 0 Å². The third kappa shape index (κ3) is 1.34. The van der Waals surface area contributed by atoms with E-state index in [1.807, 2.05) is 18.2 Å². The van der Waals surface area contributed by atoms with E-state index in [1.165, 1.54) is 0 Å². The van der Waals surface area contributed by atoms with Crippen LogP contribution in [-0.2, 0) is 4.43 Å². The van der Waals surface area contributed by atoms with Crippen LogP contribution in [0.2, 0.25) is 0 Å². The van der Waals surface area contributed by atoms with E-state index in [1.54, 1.807) is 0 Å². The zero-order chi connectivity index (χ0) is 7.56. The molecule has 0 atom stereocenters. The van der Waals surface area contributed by atoms with Crippen molar-refractivity contribution in [3.05, 3.63) is 23.8 Å². The first-order valence-electron chi connectivity index (χ1n) is 2.94. The number of hydrogen-bond acceptors (Lipinski definition) is 2. The minimum absolute atomic E-state index is 0.675. The Morgan fingerprint density at radius 3 is 2.50 bits per heavy atom. The predicted octanol–water partition coefficient (Wildman–Crippen LogP) is 1.79. The molecule has 0 spiro atoms.